The maximum Gasteiger partial charge on any atom is 0.339 e. The largest absolute Gasteiger partial charge is 0.465 e. The third-order valence-electron chi connectivity index (χ3n) is 2.06. The third-order valence-corrected chi connectivity index (χ3v) is 2.06. The van der Waals surface area contributed by atoms with Crippen LogP contribution >= 0.6 is 0 Å². The Balaban J connectivity index is 2.82. The second kappa shape index (κ2) is 5.55. The van der Waals surface area contributed by atoms with Gasteiger partial charge in [-0.25, -0.2) is 4.79 Å². The van der Waals surface area contributed by atoms with E-state index >= 15 is 0 Å². The number of esters is 1. The molecule has 0 aromatic carbocycles. The molecule has 3 N–H and O–H groups in total. The highest BCUT2D eigenvalue weighted by Gasteiger charge is 2.19. The van der Waals surface area contributed by atoms with Crippen LogP contribution in [0.15, 0.2) is 18.3 Å². The van der Waals surface area contributed by atoms with Crippen LogP contribution in [0.25, 0.3) is 0 Å². The molecular formula is C10H13NO5. The molecule has 0 aliphatic carbocycles. The molecule has 0 aliphatic heterocycles. The highest BCUT2D eigenvalue weighted by Crippen LogP contribution is 2.14. The van der Waals surface area contributed by atoms with Crippen molar-refractivity contribution in [2.45, 2.75) is 12.2 Å². The molecule has 2 atom stereocenters. The molecule has 0 saturated carbocycles. The number of rotatable bonds is 4. The molecule has 1 aromatic heterocycles. The van der Waals surface area contributed by atoms with Gasteiger partial charge in [0.2, 0.25) is 0 Å². The zero-order valence-corrected chi connectivity index (χ0v) is 8.70. The lowest BCUT2D eigenvalue weighted by molar-refractivity contribution is -0.0173. The Hall–Kier alpha value is -1.50. The Morgan fingerprint density at radius 2 is 2.19 bits per heavy atom. The quantitative estimate of drug-likeness (QED) is 0.585. The highest BCUT2D eigenvalue weighted by molar-refractivity contribution is 5.88. The first-order chi connectivity index (χ1) is 7.60. The molecule has 6 nitrogen and oxygen atoms in total. The second-order valence-electron chi connectivity index (χ2n) is 3.16. The summed E-state index contributed by atoms with van der Waals surface area (Å²) in [6, 6.07) is 2.80. The Bertz CT molecular complexity index is 351. The average molecular weight is 227 g/mol. The van der Waals surface area contributed by atoms with Gasteiger partial charge in [-0.3, -0.25) is 4.98 Å². The Kier molecular flexibility index (Phi) is 4.36. The van der Waals surface area contributed by atoms with E-state index in [1.807, 2.05) is 0 Å². The van der Waals surface area contributed by atoms with E-state index in [9.17, 15) is 15.0 Å². The second-order valence-corrected chi connectivity index (χ2v) is 3.16. The van der Waals surface area contributed by atoms with E-state index in [4.69, 9.17) is 5.11 Å². The molecule has 0 bridgehead atoms. The van der Waals surface area contributed by atoms with E-state index in [0.717, 1.165) is 0 Å². The van der Waals surface area contributed by atoms with Crippen LogP contribution in [0.3, 0.4) is 0 Å². The van der Waals surface area contributed by atoms with Crippen molar-refractivity contribution in [2.24, 2.45) is 0 Å². The van der Waals surface area contributed by atoms with Gasteiger partial charge in [0, 0.05) is 6.20 Å². The van der Waals surface area contributed by atoms with Crippen molar-refractivity contribution >= 4 is 5.97 Å². The summed E-state index contributed by atoms with van der Waals surface area (Å²) in [4.78, 5) is 14.9. The molecule has 0 aliphatic rings. The number of hydrogen-bond acceptors (Lipinski definition) is 6. The lowest BCUT2D eigenvalue weighted by Crippen LogP contribution is -2.23. The minimum atomic E-state index is -1.29. The van der Waals surface area contributed by atoms with Crippen molar-refractivity contribution in [3.63, 3.8) is 0 Å². The molecule has 0 fully saturated rings. The number of methoxy groups -OCH3 is 1. The van der Waals surface area contributed by atoms with Crippen LogP contribution in [0.4, 0.5) is 0 Å². The Morgan fingerprint density at radius 1 is 1.50 bits per heavy atom. The maximum atomic E-state index is 11.1. The number of carbonyl (C=O) groups is 1. The standard InChI is InChI=1S/C10H13NO5/c1-16-10(15)6-2-3-7(11-4-6)9(14)8(13)5-12/h2-4,8-9,12-14H,5H2,1H3. The van der Waals surface area contributed by atoms with E-state index in [0.29, 0.717) is 0 Å². The number of aromatic nitrogens is 1. The van der Waals surface area contributed by atoms with Crippen LogP contribution in [0.5, 0.6) is 0 Å². The zero-order chi connectivity index (χ0) is 12.1. The molecular weight excluding hydrogens is 214 g/mol. The summed E-state index contributed by atoms with van der Waals surface area (Å²) in [5, 5.41) is 27.3. The van der Waals surface area contributed by atoms with E-state index in [2.05, 4.69) is 9.72 Å². The van der Waals surface area contributed by atoms with Gasteiger partial charge < -0.3 is 20.1 Å². The number of ether oxygens (including phenoxy) is 1. The number of aliphatic hydroxyl groups excluding tert-OH is 3. The lowest BCUT2D eigenvalue weighted by atomic mass is 10.1. The zero-order valence-electron chi connectivity index (χ0n) is 8.70. The van der Waals surface area contributed by atoms with Crippen LogP contribution in [0.1, 0.15) is 22.2 Å². The topological polar surface area (TPSA) is 99.9 Å². The van der Waals surface area contributed by atoms with Gasteiger partial charge in [0.05, 0.1) is 25.0 Å². The smallest absolute Gasteiger partial charge is 0.339 e. The van der Waals surface area contributed by atoms with Gasteiger partial charge in [-0.05, 0) is 12.1 Å². The van der Waals surface area contributed by atoms with Crippen molar-refractivity contribution < 1.29 is 24.9 Å². The third kappa shape index (κ3) is 2.75. The Morgan fingerprint density at radius 3 is 2.62 bits per heavy atom. The fourth-order valence-corrected chi connectivity index (χ4v) is 1.12. The first kappa shape index (κ1) is 12.6. The molecule has 2 unspecified atom stereocenters. The van der Waals surface area contributed by atoms with Crippen LogP contribution in [-0.2, 0) is 4.74 Å². The van der Waals surface area contributed by atoms with Crippen LogP contribution in [-0.4, -0.2) is 46.1 Å². The number of pyridine rings is 1. The molecule has 16 heavy (non-hydrogen) atoms. The van der Waals surface area contributed by atoms with Crippen molar-refractivity contribution in [3.8, 4) is 0 Å². The van der Waals surface area contributed by atoms with Crippen molar-refractivity contribution in [3.05, 3.63) is 29.6 Å². The van der Waals surface area contributed by atoms with Gasteiger partial charge in [0.25, 0.3) is 0 Å². The maximum absolute atomic E-state index is 11.1. The van der Waals surface area contributed by atoms with Crippen LogP contribution in [0.2, 0.25) is 0 Å². The first-order valence-corrected chi connectivity index (χ1v) is 4.61. The van der Waals surface area contributed by atoms with Gasteiger partial charge in [-0.2, -0.15) is 0 Å². The molecule has 0 amide bonds. The van der Waals surface area contributed by atoms with Crippen molar-refractivity contribution in [1.82, 2.24) is 4.98 Å². The van der Waals surface area contributed by atoms with Crippen LogP contribution < -0.4 is 0 Å². The summed E-state index contributed by atoms with van der Waals surface area (Å²) in [5.74, 6) is -0.531. The van der Waals surface area contributed by atoms with E-state index in [1.165, 1.54) is 25.4 Å². The molecule has 1 rings (SSSR count). The molecule has 6 heteroatoms. The minimum absolute atomic E-state index is 0.175. The normalized spacial score (nSPS) is 14.2. The summed E-state index contributed by atoms with van der Waals surface area (Å²) < 4.78 is 4.47. The summed E-state index contributed by atoms with van der Waals surface area (Å²) in [6.07, 6.45) is -1.35. The number of aliphatic hydroxyl groups is 3. The van der Waals surface area contributed by atoms with Crippen molar-refractivity contribution in [2.75, 3.05) is 13.7 Å². The van der Waals surface area contributed by atoms with Gasteiger partial charge in [-0.1, -0.05) is 0 Å². The minimum Gasteiger partial charge on any atom is -0.465 e. The fourth-order valence-electron chi connectivity index (χ4n) is 1.12. The van der Waals surface area contributed by atoms with Crippen LogP contribution in [0, 0.1) is 0 Å². The predicted molar refractivity (Wildman–Crippen MR) is 53.6 cm³/mol. The average Bonchev–Trinajstić information content (AvgIpc) is 2.36. The van der Waals surface area contributed by atoms with Crippen molar-refractivity contribution in [1.29, 1.82) is 0 Å². The molecule has 0 radical (unpaired) electrons. The molecule has 0 saturated heterocycles. The molecule has 88 valence electrons. The Labute approximate surface area is 92.1 Å². The molecule has 0 spiro atoms. The SMILES string of the molecule is COC(=O)c1ccc(C(O)C(O)CO)nc1. The number of carbonyl (C=O) groups excluding carboxylic acids is 1. The first-order valence-electron chi connectivity index (χ1n) is 4.61. The summed E-state index contributed by atoms with van der Waals surface area (Å²) in [6.45, 7) is -0.568. The molecule has 1 heterocycles. The predicted octanol–water partition coefficient (Wildman–Crippen LogP) is -0.745. The lowest BCUT2D eigenvalue weighted by Gasteiger charge is -2.14. The van der Waals surface area contributed by atoms with Gasteiger partial charge in [0.15, 0.2) is 0 Å². The summed E-state index contributed by atoms with van der Waals surface area (Å²) in [7, 11) is 1.25. The summed E-state index contributed by atoms with van der Waals surface area (Å²) >= 11 is 0. The van der Waals surface area contributed by atoms with E-state index in [1.54, 1.807) is 0 Å². The van der Waals surface area contributed by atoms with E-state index in [-0.39, 0.29) is 11.3 Å². The summed E-state index contributed by atoms with van der Waals surface area (Å²) in [5.41, 5.74) is 0.422. The monoisotopic (exact) mass is 227 g/mol. The number of nitrogens with zero attached hydrogens (tertiary/aromatic N) is 1. The van der Waals surface area contributed by atoms with Gasteiger partial charge in [-0.15, -0.1) is 0 Å². The highest BCUT2D eigenvalue weighted by atomic mass is 16.5. The number of hydrogen-bond donors (Lipinski definition) is 3. The fraction of sp³-hybridized carbons (Fsp3) is 0.400. The molecule has 1 aromatic rings. The van der Waals surface area contributed by atoms with Gasteiger partial charge in [0.1, 0.15) is 12.2 Å². The van der Waals surface area contributed by atoms with E-state index < -0.39 is 24.8 Å². The van der Waals surface area contributed by atoms with Gasteiger partial charge >= 0.3 is 5.97 Å².